The van der Waals surface area contributed by atoms with Gasteiger partial charge in [-0.3, -0.25) is 0 Å². The SMILES string of the molecule is CN(C)CCCNc1nccn2nc(C(C)(C)C)cc12. The average Bonchev–Trinajstić information content (AvgIpc) is 2.78. The highest BCUT2D eigenvalue weighted by molar-refractivity contribution is 5.68. The van der Waals surface area contributed by atoms with Crippen LogP contribution in [0.25, 0.3) is 5.52 Å². The fourth-order valence-electron chi connectivity index (χ4n) is 2.03. The van der Waals surface area contributed by atoms with Gasteiger partial charge < -0.3 is 10.2 Å². The second-order valence-corrected chi connectivity index (χ2v) is 6.47. The smallest absolute Gasteiger partial charge is 0.152 e. The van der Waals surface area contributed by atoms with Crippen LogP contribution in [0.5, 0.6) is 0 Å². The molecule has 0 saturated heterocycles. The molecule has 20 heavy (non-hydrogen) atoms. The van der Waals surface area contributed by atoms with E-state index in [1.54, 1.807) is 6.20 Å². The predicted molar refractivity (Wildman–Crippen MR) is 83.3 cm³/mol. The summed E-state index contributed by atoms with van der Waals surface area (Å²) < 4.78 is 1.90. The van der Waals surface area contributed by atoms with Gasteiger partial charge in [0.05, 0.1) is 5.69 Å². The lowest BCUT2D eigenvalue weighted by Gasteiger charge is -2.13. The molecule has 1 N–H and O–H groups in total. The molecule has 110 valence electrons. The Labute approximate surface area is 121 Å². The minimum absolute atomic E-state index is 0.0498. The van der Waals surface area contributed by atoms with Gasteiger partial charge in [-0.1, -0.05) is 20.8 Å². The van der Waals surface area contributed by atoms with Crippen molar-refractivity contribution in [3.05, 3.63) is 24.2 Å². The van der Waals surface area contributed by atoms with E-state index in [0.717, 1.165) is 36.5 Å². The van der Waals surface area contributed by atoms with Crippen LogP contribution in [-0.2, 0) is 5.41 Å². The van der Waals surface area contributed by atoms with Gasteiger partial charge in [-0.15, -0.1) is 0 Å². The fraction of sp³-hybridized carbons (Fsp3) is 0.600. The summed E-state index contributed by atoms with van der Waals surface area (Å²) in [5.74, 6) is 0.911. The molecule has 0 unspecified atom stereocenters. The van der Waals surface area contributed by atoms with E-state index in [0.29, 0.717) is 0 Å². The van der Waals surface area contributed by atoms with Gasteiger partial charge in [0.25, 0.3) is 0 Å². The Balaban J connectivity index is 2.15. The van der Waals surface area contributed by atoms with Crippen LogP contribution >= 0.6 is 0 Å². The van der Waals surface area contributed by atoms with Crippen molar-refractivity contribution in [3.63, 3.8) is 0 Å². The summed E-state index contributed by atoms with van der Waals surface area (Å²) in [6, 6.07) is 2.13. The van der Waals surface area contributed by atoms with E-state index in [1.807, 2.05) is 10.7 Å². The molecule has 2 aromatic rings. The Morgan fingerprint density at radius 1 is 1.30 bits per heavy atom. The van der Waals surface area contributed by atoms with Crippen LogP contribution in [0.4, 0.5) is 5.82 Å². The molecule has 2 aromatic heterocycles. The van der Waals surface area contributed by atoms with E-state index in [1.165, 1.54) is 0 Å². The van der Waals surface area contributed by atoms with Gasteiger partial charge in [0.15, 0.2) is 5.82 Å². The molecule has 0 amide bonds. The Morgan fingerprint density at radius 3 is 2.70 bits per heavy atom. The zero-order chi connectivity index (χ0) is 14.8. The molecule has 0 aliphatic carbocycles. The topological polar surface area (TPSA) is 45.5 Å². The molecular weight excluding hydrogens is 250 g/mol. The number of anilines is 1. The van der Waals surface area contributed by atoms with Crippen molar-refractivity contribution < 1.29 is 0 Å². The summed E-state index contributed by atoms with van der Waals surface area (Å²) in [5, 5.41) is 8.04. The number of hydrogen-bond donors (Lipinski definition) is 1. The van der Waals surface area contributed by atoms with Gasteiger partial charge in [-0.2, -0.15) is 5.10 Å². The number of hydrogen-bond acceptors (Lipinski definition) is 4. The molecule has 5 nitrogen and oxygen atoms in total. The quantitative estimate of drug-likeness (QED) is 0.851. The summed E-state index contributed by atoms with van der Waals surface area (Å²) in [4.78, 5) is 6.62. The maximum atomic E-state index is 4.63. The zero-order valence-corrected chi connectivity index (χ0v) is 13.1. The summed E-state index contributed by atoms with van der Waals surface area (Å²) in [6.07, 6.45) is 4.78. The first kappa shape index (κ1) is 14.8. The van der Waals surface area contributed by atoms with Gasteiger partial charge in [0.1, 0.15) is 5.52 Å². The molecule has 0 radical (unpaired) electrons. The van der Waals surface area contributed by atoms with Crippen LogP contribution in [0.3, 0.4) is 0 Å². The number of aromatic nitrogens is 3. The highest BCUT2D eigenvalue weighted by Crippen LogP contribution is 2.24. The number of fused-ring (bicyclic) bond motifs is 1. The molecular formula is C15H25N5. The molecule has 0 spiro atoms. The molecule has 0 aliphatic heterocycles. The molecule has 2 heterocycles. The number of nitrogens with one attached hydrogen (secondary N) is 1. The van der Waals surface area contributed by atoms with Gasteiger partial charge in [0, 0.05) is 24.4 Å². The van der Waals surface area contributed by atoms with E-state index >= 15 is 0 Å². The van der Waals surface area contributed by atoms with E-state index in [2.05, 4.69) is 61.2 Å². The summed E-state index contributed by atoms with van der Waals surface area (Å²) >= 11 is 0. The average molecular weight is 275 g/mol. The maximum Gasteiger partial charge on any atom is 0.152 e. The van der Waals surface area contributed by atoms with Crippen molar-refractivity contribution in [3.8, 4) is 0 Å². The second-order valence-electron chi connectivity index (χ2n) is 6.47. The lowest BCUT2D eigenvalue weighted by molar-refractivity contribution is 0.405. The van der Waals surface area contributed by atoms with Crippen molar-refractivity contribution in [2.45, 2.75) is 32.6 Å². The first-order chi connectivity index (χ1) is 9.38. The monoisotopic (exact) mass is 275 g/mol. The molecule has 0 aromatic carbocycles. The van der Waals surface area contributed by atoms with Crippen LogP contribution in [0, 0.1) is 0 Å². The Morgan fingerprint density at radius 2 is 2.05 bits per heavy atom. The van der Waals surface area contributed by atoms with Crippen LogP contribution in [-0.4, -0.2) is 46.7 Å². The van der Waals surface area contributed by atoms with Crippen molar-refractivity contribution in [1.82, 2.24) is 19.5 Å². The molecule has 2 rings (SSSR count). The van der Waals surface area contributed by atoms with Crippen LogP contribution in [0.2, 0.25) is 0 Å². The van der Waals surface area contributed by atoms with Gasteiger partial charge in [0.2, 0.25) is 0 Å². The third-order valence-electron chi connectivity index (χ3n) is 3.23. The lowest BCUT2D eigenvalue weighted by atomic mass is 9.92. The molecule has 0 saturated carbocycles. The second kappa shape index (κ2) is 5.79. The Bertz CT molecular complexity index is 565. The lowest BCUT2D eigenvalue weighted by Crippen LogP contribution is -2.16. The fourth-order valence-corrected chi connectivity index (χ4v) is 2.03. The standard InChI is InChI=1S/C15H25N5/c1-15(2,3)13-11-12-14(16-7-6-9-19(4)5)17-8-10-20(12)18-13/h8,10-11H,6-7,9H2,1-5H3,(H,16,17). The van der Waals surface area contributed by atoms with Crippen molar-refractivity contribution in [2.24, 2.45) is 0 Å². The Kier molecular flexibility index (Phi) is 4.28. The highest BCUT2D eigenvalue weighted by atomic mass is 15.2. The van der Waals surface area contributed by atoms with Gasteiger partial charge >= 0.3 is 0 Å². The van der Waals surface area contributed by atoms with Gasteiger partial charge in [-0.25, -0.2) is 9.50 Å². The third-order valence-corrected chi connectivity index (χ3v) is 3.23. The number of rotatable bonds is 5. The maximum absolute atomic E-state index is 4.63. The largest absolute Gasteiger partial charge is 0.368 e. The van der Waals surface area contributed by atoms with Gasteiger partial charge in [-0.05, 0) is 33.1 Å². The molecule has 0 atom stereocenters. The molecule has 5 heteroatoms. The normalized spacial score (nSPS) is 12.3. The van der Waals surface area contributed by atoms with Crippen LogP contribution in [0.1, 0.15) is 32.9 Å². The van der Waals surface area contributed by atoms with E-state index < -0.39 is 0 Å². The highest BCUT2D eigenvalue weighted by Gasteiger charge is 2.18. The first-order valence-corrected chi connectivity index (χ1v) is 7.11. The minimum atomic E-state index is 0.0498. The van der Waals surface area contributed by atoms with Crippen molar-refractivity contribution in [1.29, 1.82) is 0 Å². The number of nitrogens with zero attached hydrogens (tertiary/aromatic N) is 4. The summed E-state index contributed by atoms with van der Waals surface area (Å²) in [6.45, 7) is 8.51. The first-order valence-electron chi connectivity index (χ1n) is 7.11. The zero-order valence-electron chi connectivity index (χ0n) is 13.1. The molecule has 0 bridgehead atoms. The summed E-state index contributed by atoms with van der Waals surface area (Å²) in [7, 11) is 4.18. The van der Waals surface area contributed by atoms with Crippen molar-refractivity contribution in [2.75, 3.05) is 32.5 Å². The summed E-state index contributed by atoms with van der Waals surface area (Å²) in [5.41, 5.74) is 2.18. The third kappa shape index (κ3) is 3.48. The van der Waals surface area contributed by atoms with Crippen molar-refractivity contribution >= 4 is 11.3 Å². The Hall–Kier alpha value is -1.62. The minimum Gasteiger partial charge on any atom is -0.368 e. The molecule has 0 fully saturated rings. The van der Waals surface area contributed by atoms with E-state index in [4.69, 9.17) is 0 Å². The van der Waals surface area contributed by atoms with E-state index in [-0.39, 0.29) is 5.41 Å². The molecule has 0 aliphatic rings. The van der Waals surface area contributed by atoms with Crippen LogP contribution in [0.15, 0.2) is 18.5 Å². The predicted octanol–water partition coefficient (Wildman–Crippen LogP) is 2.39. The van der Waals surface area contributed by atoms with Crippen LogP contribution < -0.4 is 5.32 Å². The van der Waals surface area contributed by atoms with E-state index in [9.17, 15) is 0 Å².